The lowest BCUT2D eigenvalue weighted by molar-refractivity contribution is 0.0407. The number of halogens is 1. The highest BCUT2D eigenvalue weighted by Crippen LogP contribution is 2.25. The Labute approximate surface area is 103 Å². The minimum atomic E-state index is -1.01. The summed E-state index contributed by atoms with van der Waals surface area (Å²) >= 11 is 1.14. The molecule has 0 aliphatic heterocycles. The Bertz CT molecular complexity index is 391. The monoisotopic (exact) mass is 265 g/mol. The molecule has 1 rings (SSSR count). The highest BCUT2D eigenvalue weighted by atomic mass is 35.5. The number of hydrogen-bond acceptors (Lipinski definition) is 6. The SMILES string of the molecule is CCOC(=O)OC(=O)c1scc(C)c1N.Cl. The first-order valence-corrected chi connectivity index (χ1v) is 5.16. The smallest absolute Gasteiger partial charge is 0.434 e. The molecule has 0 aliphatic carbocycles. The number of ether oxygens (including phenoxy) is 2. The van der Waals surface area contributed by atoms with Crippen LogP contribution in [-0.4, -0.2) is 18.7 Å². The van der Waals surface area contributed by atoms with Gasteiger partial charge in [0.05, 0.1) is 12.3 Å². The second-order valence-electron chi connectivity index (χ2n) is 2.73. The summed E-state index contributed by atoms with van der Waals surface area (Å²) in [6.07, 6.45) is -1.01. The van der Waals surface area contributed by atoms with Crippen LogP contribution in [0.4, 0.5) is 10.5 Å². The average Bonchev–Trinajstić information content (AvgIpc) is 2.48. The van der Waals surface area contributed by atoms with Crippen LogP contribution in [0.15, 0.2) is 5.38 Å². The summed E-state index contributed by atoms with van der Waals surface area (Å²) in [5.74, 6) is -0.774. The Morgan fingerprint density at radius 1 is 1.50 bits per heavy atom. The Morgan fingerprint density at radius 2 is 2.12 bits per heavy atom. The van der Waals surface area contributed by atoms with E-state index in [2.05, 4.69) is 9.47 Å². The number of nitrogen functional groups attached to an aromatic ring is 1. The Morgan fingerprint density at radius 3 is 2.56 bits per heavy atom. The van der Waals surface area contributed by atoms with Gasteiger partial charge >= 0.3 is 12.1 Å². The van der Waals surface area contributed by atoms with Gasteiger partial charge in [-0.15, -0.1) is 23.7 Å². The fraction of sp³-hybridized carbons (Fsp3) is 0.333. The van der Waals surface area contributed by atoms with Crippen LogP contribution >= 0.6 is 23.7 Å². The molecule has 7 heteroatoms. The number of thiophene rings is 1. The van der Waals surface area contributed by atoms with E-state index in [1.165, 1.54) is 0 Å². The number of rotatable bonds is 2. The first-order chi connectivity index (χ1) is 7.06. The second-order valence-corrected chi connectivity index (χ2v) is 3.61. The van der Waals surface area contributed by atoms with Gasteiger partial charge in [-0.1, -0.05) is 0 Å². The first-order valence-electron chi connectivity index (χ1n) is 4.28. The van der Waals surface area contributed by atoms with Crippen LogP contribution in [0, 0.1) is 6.92 Å². The van der Waals surface area contributed by atoms with Crippen LogP contribution in [-0.2, 0) is 9.47 Å². The van der Waals surface area contributed by atoms with Gasteiger partial charge in [-0.3, -0.25) is 0 Å². The van der Waals surface area contributed by atoms with Gasteiger partial charge in [-0.25, -0.2) is 9.59 Å². The lowest BCUT2D eigenvalue weighted by Crippen LogP contribution is -2.14. The van der Waals surface area contributed by atoms with Crippen molar-refractivity contribution in [2.75, 3.05) is 12.3 Å². The topological polar surface area (TPSA) is 78.6 Å². The van der Waals surface area contributed by atoms with Gasteiger partial charge in [0.2, 0.25) is 0 Å². The van der Waals surface area contributed by atoms with Crippen LogP contribution in [0.1, 0.15) is 22.2 Å². The molecule has 0 atom stereocenters. The maximum Gasteiger partial charge on any atom is 0.516 e. The van der Waals surface area contributed by atoms with Crippen LogP contribution < -0.4 is 5.73 Å². The van der Waals surface area contributed by atoms with Crippen molar-refractivity contribution in [2.45, 2.75) is 13.8 Å². The third-order valence-corrected chi connectivity index (χ3v) is 2.74. The minimum absolute atomic E-state index is 0. The Balaban J connectivity index is 0.00000225. The minimum Gasteiger partial charge on any atom is -0.434 e. The van der Waals surface area contributed by atoms with Crippen molar-refractivity contribution >= 4 is 41.6 Å². The summed E-state index contributed by atoms with van der Waals surface area (Å²) in [4.78, 5) is 22.4. The van der Waals surface area contributed by atoms with Gasteiger partial charge in [-0.2, -0.15) is 0 Å². The molecule has 1 aromatic rings. The highest BCUT2D eigenvalue weighted by molar-refractivity contribution is 7.12. The van der Waals surface area contributed by atoms with E-state index in [9.17, 15) is 9.59 Å². The number of nitrogens with two attached hydrogens (primary N) is 1. The van der Waals surface area contributed by atoms with E-state index in [1.54, 1.807) is 19.2 Å². The number of aryl methyl sites for hydroxylation is 1. The second kappa shape index (κ2) is 6.34. The summed E-state index contributed by atoms with van der Waals surface area (Å²) in [7, 11) is 0. The number of esters is 1. The predicted molar refractivity (Wildman–Crippen MR) is 63.2 cm³/mol. The molecule has 16 heavy (non-hydrogen) atoms. The van der Waals surface area contributed by atoms with Crippen LogP contribution in [0.25, 0.3) is 0 Å². The van der Waals surface area contributed by atoms with Crippen molar-refractivity contribution in [2.24, 2.45) is 0 Å². The molecule has 0 saturated heterocycles. The maximum atomic E-state index is 11.4. The fourth-order valence-corrected chi connectivity index (χ4v) is 1.73. The molecule has 0 radical (unpaired) electrons. The lowest BCUT2D eigenvalue weighted by atomic mass is 10.3. The van der Waals surface area contributed by atoms with Crippen molar-refractivity contribution in [1.29, 1.82) is 0 Å². The number of hydrogen-bond donors (Lipinski definition) is 1. The van der Waals surface area contributed by atoms with Crippen molar-refractivity contribution in [1.82, 2.24) is 0 Å². The Hall–Kier alpha value is -1.27. The molecule has 2 N–H and O–H groups in total. The van der Waals surface area contributed by atoms with E-state index >= 15 is 0 Å². The average molecular weight is 266 g/mol. The molecule has 0 unspecified atom stereocenters. The van der Waals surface area contributed by atoms with E-state index in [4.69, 9.17) is 5.73 Å². The van der Waals surface area contributed by atoms with Gasteiger partial charge in [0, 0.05) is 0 Å². The molecular weight excluding hydrogens is 254 g/mol. The molecule has 0 amide bonds. The van der Waals surface area contributed by atoms with E-state index < -0.39 is 12.1 Å². The third kappa shape index (κ3) is 3.39. The van der Waals surface area contributed by atoms with Gasteiger partial charge in [-0.05, 0) is 24.8 Å². The van der Waals surface area contributed by atoms with Crippen LogP contribution in [0.2, 0.25) is 0 Å². The molecule has 0 bridgehead atoms. The zero-order valence-electron chi connectivity index (χ0n) is 8.81. The predicted octanol–water partition coefficient (Wildman–Crippen LogP) is 2.37. The van der Waals surface area contributed by atoms with Crippen molar-refractivity contribution < 1.29 is 19.1 Å². The number of anilines is 1. The molecule has 0 fully saturated rings. The normalized spacial score (nSPS) is 9.12. The largest absolute Gasteiger partial charge is 0.516 e. The quantitative estimate of drug-likeness (QED) is 0.656. The molecule has 0 aromatic carbocycles. The summed E-state index contributed by atoms with van der Waals surface area (Å²) < 4.78 is 8.86. The van der Waals surface area contributed by atoms with E-state index in [1.807, 2.05) is 0 Å². The summed E-state index contributed by atoms with van der Waals surface area (Å²) in [5.41, 5.74) is 6.74. The Kier molecular flexibility index (Phi) is 5.84. The standard InChI is InChI=1S/C9H11NO4S.ClH/c1-3-13-9(12)14-8(11)7-6(10)5(2)4-15-7;/h4H,3,10H2,1-2H3;1H. The van der Waals surface area contributed by atoms with Crippen molar-refractivity contribution in [3.63, 3.8) is 0 Å². The molecule has 5 nitrogen and oxygen atoms in total. The third-order valence-electron chi connectivity index (χ3n) is 1.65. The highest BCUT2D eigenvalue weighted by Gasteiger charge is 2.19. The summed E-state index contributed by atoms with van der Waals surface area (Å²) in [6, 6.07) is 0. The zero-order chi connectivity index (χ0) is 11.4. The fourth-order valence-electron chi connectivity index (χ4n) is 0.881. The first kappa shape index (κ1) is 14.7. The van der Waals surface area contributed by atoms with Crippen molar-refractivity contribution in [3.8, 4) is 0 Å². The van der Waals surface area contributed by atoms with Gasteiger partial charge < -0.3 is 15.2 Å². The molecule has 1 aromatic heterocycles. The summed E-state index contributed by atoms with van der Waals surface area (Å²) in [5, 5.41) is 1.72. The zero-order valence-corrected chi connectivity index (χ0v) is 10.4. The van der Waals surface area contributed by atoms with E-state index in [0.717, 1.165) is 16.9 Å². The molecule has 0 saturated carbocycles. The van der Waals surface area contributed by atoms with E-state index in [-0.39, 0.29) is 23.9 Å². The maximum absolute atomic E-state index is 11.4. The van der Waals surface area contributed by atoms with E-state index in [0.29, 0.717) is 5.69 Å². The number of carbonyl (C=O) groups excluding carboxylic acids is 2. The molecule has 0 spiro atoms. The molecule has 90 valence electrons. The molecular formula is C9H12ClNO4S. The van der Waals surface area contributed by atoms with Crippen molar-refractivity contribution in [3.05, 3.63) is 15.8 Å². The van der Waals surface area contributed by atoms with Crippen LogP contribution in [0.3, 0.4) is 0 Å². The van der Waals surface area contributed by atoms with Gasteiger partial charge in [0.25, 0.3) is 0 Å². The molecule has 0 aliphatic rings. The summed E-state index contributed by atoms with van der Waals surface area (Å²) in [6.45, 7) is 3.55. The van der Waals surface area contributed by atoms with Crippen LogP contribution in [0.5, 0.6) is 0 Å². The lowest BCUT2D eigenvalue weighted by Gasteiger charge is -2.01. The molecule has 1 heterocycles. The van der Waals surface area contributed by atoms with Gasteiger partial charge in [0.15, 0.2) is 0 Å². The van der Waals surface area contributed by atoms with Gasteiger partial charge in [0.1, 0.15) is 4.88 Å². The number of carbonyl (C=O) groups is 2.